The molecule has 0 amide bonds. The van der Waals surface area contributed by atoms with Gasteiger partial charge in [-0.2, -0.15) is 0 Å². The van der Waals surface area contributed by atoms with E-state index < -0.39 is 0 Å². The fraction of sp³-hybridized carbons (Fsp3) is 0.385. The summed E-state index contributed by atoms with van der Waals surface area (Å²) in [6.07, 6.45) is 6.98. The molecular weight excluding hydrogens is 222 g/mol. The van der Waals surface area contributed by atoms with Gasteiger partial charge in [-0.1, -0.05) is 17.7 Å². The van der Waals surface area contributed by atoms with Crippen molar-refractivity contribution >= 4 is 11.6 Å². The van der Waals surface area contributed by atoms with Crippen LogP contribution in [0.1, 0.15) is 18.4 Å². The second kappa shape index (κ2) is 7.16. The molecule has 0 aliphatic heterocycles. The molecule has 86 valence electrons. The molecule has 0 unspecified atom stereocenters. The van der Waals surface area contributed by atoms with Crippen LogP contribution in [0.15, 0.2) is 18.2 Å². The number of benzene rings is 1. The lowest BCUT2D eigenvalue weighted by Crippen LogP contribution is -2.14. The second-order valence-electron chi connectivity index (χ2n) is 3.45. The first-order chi connectivity index (χ1) is 7.77. The summed E-state index contributed by atoms with van der Waals surface area (Å²) >= 11 is 6.01. The molecule has 3 heteroatoms. The van der Waals surface area contributed by atoms with E-state index >= 15 is 0 Å². The Morgan fingerprint density at radius 3 is 2.94 bits per heavy atom. The molecule has 2 nitrogen and oxygen atoms in total. The van der Waals surface area contributed by atoms with Crippen LogP contribution in [-0.2, 0) is 6.54 Å². The minimum atomic E-state index is 0.644. The van der Waals surface area contributed by atoms with Gasteiger partial charge in [-0.3, -0.25) is 0 Å². The fourth-order valence-corrected chi connectivity index (χ4v) is 1.65. The molecule has 0 saturated heterocycles. The van der Waals surface area contributed by atoms with Crippen molar-refractivity contribution in [2.45, 2.75) is 19.4 Å². The molecule has 0 aliphatic rings. The van der Waals surface area contributed by atoms with Crippen LogP contribution in [0.4, 0.5) is 0 Å². The highest BCUT2D eigenvalue weighted by molar-refractivity contribution is 6.32. The van der Waals surface area contributed by atoms with Crippen LogP contribution in [0, 0.1) is 12.3 Å². The van der Waals surface area contributed by atoms with Crippen LogP contribution in [0.2, 0.25) is 5.02 Å². The van der Waals surface area contributed by atoms with E-state index in [1.807, 2.05) is 18.2 Å². The summed E-state index contributed by atoms with van der Waals surface area (Å²) in [6.45, 7) is 1.72. The minimum absolute atomic E-state index is 0.644. The Bertz CT molecular complexity index is 371. The molecule has 0 heterocycles. The fourth-order valence-electron chi connectivity index (χ4n) is 1.37. The number of terminal acetylenes is 1. The Hall–Kier alpha value is -1.17. The summed E-state index contributed by atoms with van der Waals surface area (Å²) in [5.74, 6) is 3.32. The highest BCUT2D eigenvalue weighted by atomic mass is 35.5. The normalized spacial score (nSPS) is 9.81. The summed E-state index contributed by atoms with van der Waals surface area (Å²) in [5.41, 5.74) is 1.14. The number of hydrogen-bond acceptors (Lipinski definition) is 2. The summed E-state index contributed by atoms with van der Waals surface area (Å²) in [6, 6.07) is 5.79. The number of hydrogen-bond donors (Lipinski definition) is 1. The van der Waals surface area contributed by atoms with Gasteiger partial charge in [0.15, 0.2) is 0 Å². The van der Waals surface area contributed by atoms with E-state index in [1.165, 1.54) is 0 Å². The number of ether oxygens (including phenoxy) is 1. The lowest BCUT2D eigenvalue weighted by Gasteiger charge is -2.07. The first kappa shape index (κ1) is 12.9. The lowest BCUT2D eigenvalue weighted by atomic mass is 10.2. The zero-order valence-electron chi connectivity index (χ0n) is 9.42. The van der Waals surface area contributed by atoms with Gasteiger partial charge in [0.1, 0.15) is 5.75 Å². The van der Waals surface area contributed by atoms with Gasteiger partial charge >= 0.3 is 0 Å². The van der Waals surface area contributed by atoms with E-state index in [0.717, 1.165) is 31.5 Å². The quantitative estimate of drug-likeness (QED) is 0.607. The van der Waals surface area contributed by atoms with Crippen LogP contribution in [-0.4, -0.2) is 13.7 Å². The molecule has 1 rings (SSSR count). The molecule has 0 saturated carbocycles. The van der Waals surface area contributed by atoms with Crippen molar-refractivity contribution < 1.29 is 4.74 Å². The number of halogens is 1. The summed E-state index contributed by atoms with van der Waals surface area (Å²) < 4.78 is 5.08. The molecule has 16 heavy (non-hydrogen) atoms. The van der Waals surface area contributed by atoms with Crippen molar-refractivity contribution in [1.29, 1.82) is 0 Å². The molecule has 1 aromatic carbocycles. The third kappa shape index (κ3) is 4.14. The largest absolute Gasteiger partial charge is 0.495 e. The van der Waals surface area contributed by atoms with Gasteiger partial charge in [-0.05, 0) is 30.7 Å². The van der Waals surface area contributed by atoms with Gasteiger partial charge in [0, 0.05) is 13.0 Å². The van der Waals surface area contributed by atoms with Crippen molar-refractivity contribution in [1.82, 2.24) is 5.32 Å². The topological polar surface area (TPSA) is 21.3 Å². The highest BCUT2D eigenvalue weighted by Crippen LogP contribution is 2.24. The maximum Gasteiger partial charge on any atom is 0.137 e. The molecule has 0 spiro atoms. The number of unbranched alkanes of at least 4 members (excludes halogenated alkanes) is 1. The summed E-state index contributed by atoms with van der Waals surface area (Å²) in [4.78, 5) is 0. The van der Waals surface area contributed by atoms with Gasteiger partial charge in [-0.15, -0.1) is 12.3 Å². The molecular formula is C13H16ClNO. The van der Waals surface area contributed by atoms with E-state index in [-0.39, 0.29) is 0 Å². The van der Waals surface area contributed by atoms with Crippen molar-refractivity contribution in [2.75, 3.05) is 13.7 Å². The third-order valence-electron chi connectivity index (χ3n) is 2.22. The Morgan fingerprint density at radius 1 is 1.50 bits per heavy atom. The zero-order chi connectivity index (χ0) is 11.8. The van der Waals surface area contributed by atoms with E-state index in [9.17, 15) is 0 Å². The second-order valence-corrected chi connectivity index (χ2v) is 3.86. The Morgan fingerprint density at radius 2 is 2.31 bits per heavy atom. The standard InChI is InChI=1S/C13H16ClNO/c1-3-4-5-8-15-10-11-6-7-13(16-2)12(14)9-11/h1,6-7,9,15H,4-5,8,10H2,2H3. The van der Waals surface area contributed by atoms with Crippen LogP contribution in [0.25, 0.3) is 0 Å². The number of methoxy groups -OCH3 is 1. The monoisotopic (exact) mass is 237 g/mol. The Labute approximate surface area is 102 Å². The first-order valence-corrected chi connectivity index (χ1v) is 5.62. The molecule has 0 atom stereocenters. The Kier molecular flexibility index (Phi) is 5.77. The third-order valence-corrected chi connectivity index (χ3v) is 2.52. The molecule has 0 fully saturated rings. The van der Waals surface area contributed by atoms with Crippen LogP contribution in [0.5, 0.6) is 5.75 Å². The zero-order valence-corrected chi connectivity index (χ0v) is 10.2. The van der Waals surface area contributed by atoms with Crippen LogP contribution in [0.3, 0.4) is 0 Å². The van der Waals surface area contributed by atoms with Crippen LogP contribution >= 0.6 is 11.6 Å². The predicted molar refractivity (Wildman–Crippen MR) is 67.8 cm³/mol. The first-order valence-electron chi connectivity index (χ1n) is 5.24. The highest BCUT2D eigenvalue weighted by Gasteiger charge is 2.00. The van der Waals surface area contributed by atoms with Gasteiger partial charge in [0.05, 0.1) is 12.1 Å². The molecule has 0 aromatic heterocycles. The minimum Gasteiger partial charge on any atom is -0.495 e. The summed E-state index contributed by atoms with van der Waals surface area (Å²) in [7, 11) is 1.61. The van der Waals surface area contributed by atoms with Crippen LogP contribution < -0.4 is 10.1 Å². The van der Waals surface area contributed by atoms with E-state index in [1.54, 1.807) is 7.11 Å². The van der Waals surface area contributed by atoms with Crippen molar-refractivity contribution in [3.8, 4) is 18.1 Å². The van der Waals surface area contributed by atoms with Crippen molar-refractivity contribution in [3.63, 3.8) is 0 Å². The van der Waals surface area contributed by atoms with Crippen molar-refractivity contribution in [3.05, 3.63) is 28.8 Å². The van der Waals surface area contributed by atoms with Gasteiger partial charge in [0.2, 0.25) is 0 Å². The molecule has 1 N–H and O–H groups in total. The number of rotatable bonds is 6. The van der Waals surface area contributed by atoms with Gasteiger partial charge < -0.3 is 10.1 Å². The van der Waals surface area contributed by atoms with Crippen molar-refractivity contribution in [2.24, 2.45) is 0 Å². The average Bonchev–Trinajstić information content (AvgIpc) is 2.29. The summed E-state index contributed by atoms with van der Waals surface area (Å²) in [5, 5.41) is 3.95. The smallest absolute Gasteiger partial charge is 0.137 e. The molecule has 1 aromatic rings. The van der Waals surface area contributed by atoms with E-state index in [0.29, 0.717) is 10.8 Å². The number of nitrogens with one attached hydrogen (secondary N) is 1. The predicted octanol–water partition coefficient (Wildman–Crippen LogP) is 2.85. The maximum atomic E-state index is 6.01. The lowest BCUT2D eigenvalue weighted by molar-refractivity contribution is 0.415. The van der Waals surface area contributed by atoms with Gasteiger partial charge in [-0.25, -0.2) is 0 Å². The van der Waals surface area contributed by atoms with E-state index in [2.05, 4.69) is 11.2 Å². The average molecular weight is 238 g/mol. The molecule has 0 aliphatic carbocycles. The Balaban J connectivity index is 2.38. The molecule has 0 bridgehead atoms. The SMILES string of the molecule is C#CCCCNCc1ccc(OC)c(Cl)c1. The molecule has 0 radical (unpaired) electrons. The maximum absolute atomic E-state index is 6.01. The van der Waals surface area contributed by atoms with E-state index in [4.69, 9.17) is 22.8 Å². The van der Waals surface area contributed by atoms with Gasteiger partial charge in [0.25, 0.3) is 0 Å².